The number of carbonyl (C=O) groups is 3. The minimum atomic E-state index is -1.20. The highest BCUT2D eigenvalue weighted by Crippen LogP contribution is 2.24. The van der Waals surface area contributed by atoms with Crippen molar-refractivity contribution in [2.24, 2.45) is 11.8 Å². The van der Waals surface area contributed by atoms with E-state index >= 15 is 0 Å². The number of allylic oxidation sites excluding steroid dienone is 2. The molecule has 0 aliphatic heterocycles. The van der Waals surface area contributed by atoms with E-state index in [2.05, 4.69) is 6.58 Å². The molecule has 6 heteroatoms. The Morgan fingerprint density at radius 2 is 1.61 bits per heavy atom. The number of aliphatic carboxylic acids is 3. The van der Waals surface area contributed by atoms with Crippen molar-refractivity contribution in [3.8, 4) is 0 Å². The van der Waals surface area contributed by atoms with Crippen LogP contribution in [0.3, 0.4) is 0 Å². The molecule has 0 saturated heterocycles. The molecule has 0 aliphatic rings. The van der Waals surface area contributed by atoms with Crippen LogP contribution in [0.15, 0.2) is 35.5 Å². The fraction of sp³-hybridized carbons (Fsp3) is 0.471. The highest BCUT2D eigenvalue weighted by Gasteiger charge is 2.22. The Hall–Kier alpha value is -2.37. The number of rotatable bonds is 10. The number of carboxylic acid groups (broad SMARTS) is 3. The van der Waals surface area contributed by atoms with Crippen molar-refractivity contribution in [2.45, 2.75) is 40.0 Å². The number of carboxylic acids is 3. The summed E-state index contributed by atoms with van der Waals surface area (Å²) >= 11 is 0. The van der Waals surface area contributed by atoms with Gasteiger partial charge in [-0.25, -0.2) is 14.4 Å². The van der Waals surface area contributed by atoms with Crippen molar-refractivity contribution in [1.82, 2.24) is 0 Å². The van der Waals surface area contributed by atoms with Gasteiger partial charge in [0.25, 0.3) is 0 Å². The molecule has 2 atom stereocenters. The first-order valence-electron chi connectivity index (χ1n) is 7.40. The summed E-state index contributed by atoms with van der Waals surface area (Å²) in [4.78, 5) is 33.5. The van der Waals surface area contributed by atoms with Crippen LogP contribution in [0, 0.1) is 11.8 Å². The molecule has 0 radical (unpaired) electrons. The van der Waals surface area contributed by atoms with Crippen LogP contribution in [0.5, 0.6) is 0 Å². The van der Waals surface area contributed by atoms with Crippen LogP contribution in [0.1, 0.15) is 40.0 Å². The molecular formula is C17H24O6. The van der Waals surface area contributed by atoms with Crippen molar-refractivity contribution in [3.63, 3.8) is 0 Å². The average molecular weight is 324 g/mol. The van der Waals surface area contributed by atoms with Gasteiger partial charge in [0, 0.05) is 28.6 Å². The first-order valence-corrected chi connectivity index (χ1v) is 7.40. The van der Waals surface area contributed by atoms with Gasteiger partial charge in [-0.05, 0) is 13.3 Å². The molecule has 0 amide bonds. The van der Waals surface area contributed by atoms with Gasteiger partial charge in [-0.2, -0.15) is 0 Å². The smallest absolute Gasteiger partial charge is 0.331 e. The molecule has 0 aromatic heterocycles. The predicted molar refractivity (Wildman–Crippen MR) is 86.1 cm³/mol. The molecule has 2 unspecified atom stereocenters. The van der Waals surface area contributed by atoms with E-state index < -0.39 is 29.7 Å². The topological polar surface area (TPSA) is 112 Å². The molecule has 0 aromatic rings. The quantitative estimate of drug-likeness (QED) is 0.532. The van der Waals surface area contributed by atoms with Gasteiger partial charge in [0.05, 0.1) is 0 Å². The van der Waals surface area contributed by atoms with Gasteiger partial charge in [-0.15, -0.1) is 0 Å². The number of unbranched alkanes of at least 4 members (excludes halogenated alkanes) is 1. The summed E-state index contributed by atoms with van der Waals surface area (Å²) in [5, 5.41) is 27.3. The van der Waals surface area contributed by atoms with Crippen LogP contribution in [-0.2, 0) is 14.4 Å². The predicted octanol–water partition coefficient (Wildman–Crippen LogP) is 3.11. The summed E-state index contributed by atoms with van der Waals surface area (Å²) in [5.41, 5.74) is -0.0655. The third kappa shape index (κ3) is 6.95. The number of hydrogen-bond donors (Lipinski definition) is 3. The Morgan fingerprint density at radius 3 is 2.00 bits per heavy atom. The fourth-order valence-corrected chi connectivity index (χ4v) is 2.11. The second kappa shape index (κ2) is 9.61. The fourth-order valence-electron chi connectivity index (χ4n) is 2.11. The van der Waals surface area contributed by atoms with Crippen molar-refractivity contribution in [2.75, 3.05) is 0 Å². The molecule has 0 saturated carbocycles. The third-order valence-corrected chi connectivity index (χ3v) is 3.55. The van der Waals surface area contributed by atoms with Gasteiger partial charge in [-0.1, -0.05) is 45.4 Å². The summed E-state index contributed by atoms with van der Waals surface area (Å²) in [6.45, 7) is 8.41. The van der Waals surface area contributed by atoms with E-state index in [9.17, 15) is 19.5 Å². The maximum atomic E-state index is 11.5. The van der Waals surface area contributed by atoms with E-state index in [1.165, 1.54) is 19.1 Å². The van der Waals surface area contributed by atoms with Crippen LogP contribution in [0.2, 0.25) is 0 Å². The SMILES string of the molecule is C=C(C(=O)O)C(C=C(C(=O)O)C(C)C=C(C)C(=O)O)CCCC. The van der Waals surface area contributed by atoms with Crippen LogP contribution in [-0.4, -0.2) is 33.2 Å². The van der Waals surface area contributed by atoms with Crippen LogP contribution >= 0.6 is 0 Å². The largest absolute Gasteiger partial charge is 0.478 e. The molecule has 128 valence electrons. The van der Waals surface area contributed by atoms with Crippen molar-refractivity contribution < 1.29 is 29.7 Å². The minimum absolute atomic E-state index is 0.0332. The van der Waals surface area contributed by atoms with E-state index in [0.29, 0.717) is 6.42 Å². The molecule has 0 aromatic carbocycles. The van der Waals surface area contributed by atoms with Crippen molar-refractivity contribution in [3.05, 3.63) is 35.5 Å². The summed E-state index contributed by atoms with van der Waals surface area (Å²) in [5.74, 6) is -4.75. The zero-order valence-corrected chi connectivity index (χ0v) is 13.7. The summed E-state index contributed by atoms with van der Waals surface area (Å²) in [6.07, 6.45) is 4.77. The summed E-state index contributed by atoms with van der Waals surface area (Å²) in [7, 11) is 0. The molecule has 23 heavy (non-hydrogen) atoms. The zero-order chi connectivity index (χ0) is 18.2. The second-order valence-electron chi connectivity index (χ2n) is 5.45. The zero-order valence-electron chi connectivity index (χ0n) is 13.7. The highest BCUT2D eigenvalue weighted by atomic mass is 16.4. The van der Waals surface area contributed by atoms with Crippen LogP contribution in [0.25, 0.3) is 0 Å². The van der Waals surface area contributed by atoms with Crippen LogP contribution in [0.4, 0.5) is 0 Å². The van der Waals surface area contributed by atoms with E-state index in [4.69, 9.17) is 10.2 Å². The lowest BCUT2D eigenvalue weighted by atomic mass is 9.88. The lowest BCUT2D eigenvalue weighted by Crippen LogP contribution is -2.15. The van der Waals surface area contributed by atoms with Gasteiger partial charge in [0.2, 0.25) is 0 Å². The third-order valence-electron chi connectivity index (χ3n) is 3.55. The maximum absolute atomic E-state index is 11.5. The number of hydrogen-bond acceptors (Lipinski definition) is 3. The van der Waals surface area contributed by atoms with E-state index in [1.807, 2.05) is 6.92 Å². The molecule has 6 nitrogen and oxygen atoms in total. The lowest BCUT2D eigenvalue weighted by Gasteiger charge is -2.16. The van der Waals surface area contributed by atoms with Crippen LogP contribution < -0.4 is 0 Å². The van der Waals surface area contributed by atoms with Gasteiger partial charge in [-0.3, -0.25) is 0 Å². The average Bonchev–Trinajstić information content (AvgIpc) is 2.45. The Labute approximate surface area is 135 Å². The molecule has 0 rings (SSSR count). The van der Waals surface area contributed by atoms with Gasteiger partial charge in [0.1, 0.15) is 0 Å². The monoisotopic (exact) mass is 324 g/mol. The summed E-state index contributed by atoms with van der Waals surface area (Å²) < 4.78 is 0. The molecule has 0 fully saturated rings. The Morgan fingerprint density at radius 1 is 1.04 bits per heavy atom. The normalized spacial score (nSPS) is 14.9. The van der Waals surface area contributed by atoms with E-state index in [0.717, 1.165) is 12.8 Å². The molecule has 0 aliphatic carbocycles. The molecule has 0 heterocycles. The molecule has 0 spiro atoms. The standard InChI is InChI=1S/C17H24O6/c1-5-6-7-13(12(4)16(20)21)9-14(17(22)23)10(2)8-11(3)15(18)19/h8-10,13H,4-7H2,1-3H3,(H,18,19)(H,20,21)(H,22,23). The lowest BCUT2D eigenvalue weighted by molar-refractivity contribution is -0.134. The Balaban J connectivity index is 5.67. The molecule has 0 bridgehead atoms. The maximum Gasteiger partial charge on any atom is 0.331 e. The first kappa shape index (κ1) is 20.6. The Kier molecular flexibility index (Phi) is 8.62. The van der Waals surface area contributed by atoms with Gasteiger partial charge >= 0.3 is 17.9 Å². The minimum Gasteiger partial charge on any atom is -0.478 e. The summed E-state index contributed by atoms with van der Waals surface area (Å²) in [6, 6.07) is 0. The Bertz CT molecular complexity index is 541. The molecular weight excluding hydrogens is 300 g/mol. The van der Waals surface area contributed by atoms with E-state index in [1.54, 1.807) is 6.92 Å². The van der Waals surface area contributed by atoms with Crippen molar-refractivity contribution in [1.29, 1.82) is 0 Å². The molecule has 3 N–H and O–H groups in total. The van der Waals surface area contributed by atoms with Gasteiger partial charge < -0.3 is 15.3 Å². The van der Waals surface area contributed by atoms with E-state index in [-0.39, 0.29) is 16.7 Å². The van der Waals surface area contributed by atoms with Crippen molar-refractivity contribution >= 4 is 17.9 Å². The highest BCUT2D eigenvalue weighted by molar-refractivity contribution is 5.91. The first-order chi connectivity index (χ1) is 10.6. The van der Waals surface area contributed by atoms with Gasteiger partial charge in [0.15, 0.2) is 0 Å². The second-order valence-corrected chi connectivity index (χ2v) is 5.45.